The van der Waals surface area contributed by atoms with E-state index in [0.29, 0.717) is 49.0 Å². The maximum Gasteiger partial charge on any atom is 0.408 e. The summed E-state index contributed by atoms with van der Waals surface area (Å²) in [6, 6.07) is 36.4. The van der Waals surface area contributed by atoms with Crippen molar-refractivity contribution in [3.8, 4) is 16.9 Å². The highest BCUT2D eigenvalue weighted by Gasteiger charge is 2.31. The van der Waals surface area contributed by atoms with Crippen LogP contribution in [0.25, 0.3) is 11.1 Å². The van der Waals surface area contributed by atoms with Crippen LogP contribution < -0.4 is 53.6 Å². The van der Waals surface area contributed by atoms with Gasteiger partial charge >= 0.3 is 18.2 Å². The van der Waals surface area contributed by atoms with E-state index >= 15 is 0 Å². The molecule has 0 saturated carbocycles. The van der Waals surface area contributed by atoms with Gasteiger partial charge in [0, 0.05) is 63.8 Å². The predicted octanol–water partition coefficient (Wildman–Crippen LogP) is 6.38. The lowest BCUT2D eigenvalue weighted by atomic mass is 9.89. The summed E-state index contributed by atoms with van der Waals surface area (Å²) in [5.41, 5.74) is 12.4. The Hall–Kier alpha value is -9.14. The quantitative estimate of drug-likeness (QED) is 0.0148. The molecule has 21 heteroatoms. The van der Waals surface area contributed by atoms with E-state index in [4.69, 9.17) is 15.2 Å². The molecular formula is C61H77N11O10. The van der Waals surface area contributed by atoms with Crippen LogP contribution in [-0.4, -0.2) is 116 Å². The third kappa shape index (κ3) is 20.2. The molecule has 0 fully saturated rings. The standard InChI is InChI=1S/C61H77N11O10/c1-5-52(74)64-35-36-67-58(78)72-57(62)66-31-14-25-50(55(76)69-38-40-27-29-44(73)30-28-40)70-56(77)53(41-17-7-6-8-18-41)42-19-13-20-43(37-42)63-33-16-34-65-54(75)51(71-60(80)82-61(2,3)4)26-15-32-68-59(79)81-39-49-47-23-11-9-21-45(47)46-22-10-12-24-48(46)49/h6-13,17-24,27-30,37,49-51,53,63,73H,5,14-16,25-26,31-36,38-39H2,1-4H3,(H,64,74)(H,65,75)(H,68,79)(H,69,76)(H,70,77)(H,71,80)(H4,62,66,67,72,78)/t50-,51-,53?/m1/s1. The molecule has 3 atom stereocenters. The largest absolute Gasteiger partial charge is 0.508 e. The van der Waals surface area contributed by atoms with Crippen LogP contribution in [0, 0.1) is 0 Å². The number of hydrogen-bond donors (Lipinski definition) is 11. The van der Waals surface area contributed by atoms with Gasteiger partial charge in [-0.3, -0.25) is 19.2 Å². The number of phenolic OH excluding ortho intramolecular Hbond substituents is 1. The number of nitrogens with zero attached hydrogens (tertiary/aromatic N) is 1. The number of hydrogen-bond acceptors (Lipinski definition) is 11. The summed E-state index contributed by atoms with van der Waals surface area (Å²) in [7, 11) is 0. The highest BCUT2D eigenvalue weighted by Crippen LogP contribution is 2.44. The van der Waals surface area contributed by atoms with Gasteiger partial charge in [0.05, 0.1) is 5.92 Å². The predicted molar refractivity (Wildman–Crippen MR) is 314 cm³/mol. The molecular weight excluding hydrogens is 1050 g/mol. The van der Waals surface area contributed by atoms with Crippen molar-refractivity contribution in [3.63, 3.8) is 0 Å². The Kier molecular flexibility index (Phi) is 23.9. The number of amides is 8. The molecule has 0 radical (unpaired) electrons. The van der Waals surface area contributed by atoms with E-state index in [1.807, 2.05) is 91.0 Å². The molecule has 1 aliphatic carbocycles. The second-order valence-electron chi connectivity index (χ2n) is 20.6. The first kappa shape index (κ1) is 62.1. The number of carbonyl (C=O) groups excluding carboxylic acids is 7. The van der Waals surface area contributed by atoms with Gasteiger partial charge in [-0.2, -0.15) is 4.99 Å². The smallest absolute Gasteiger partial charge is 0.408 e. The first-order valence-electron chi connectivity index (χ1n) is 27.7. The van der Waals surface area contributed by atoms with Crippen LogP contribution in [0.15, 0.2) is 132 Å². The summed E-state index contributed by atoms with van der Waals surface area (Å²) in [6.45, 7) is 8.69. The van der Waals surface area contributed by atoms with Gasteiger partial charge in [0.15, 0.2) is 5.96 Å². The zero-order valence-electron chi connectivity index (χ0n) is 47.0. The van der Waals surface area contributed by atoms with Crippen LogP contribution in [0.5, 0.6) is 5.75 Å². The van der Waals surface area contributed by atoms with E-state index in [1.165, 1.54) is 12.1 Å². The lowest BCUT2D eigenvalue weighted by Crippen LogP contribution is -2.48. The molecule has 82 heavy (non-hydrogen) atoms. The Bertz CT molecular complexity index is 2920. The molecule has 0 aromatic heterocycles. The normalized spacial score (nSPS) is 12.9. The number of nitrogens with two attached hydrogens (primary N) is 1. The maximum absolute atomic E-state index is 14.6. The van der Waals surface area contributed by atoms with Crippen LogP contribution in [-0.2, 0) is 35.2 Å². The summed E-state index contributed by atoms with van der Waals surface area (Å²) < 4.78 is 11.1. The van der Waals surface area contributed by atoms with Crippen molar-refractivity contribution in [2.24, 2.45) is 10.7 Å². The van der Waals surface area contributed by atoms with Crippen LogP contribution in [0.4, 0.5) is 20.1 Å². The number of alkyl carbamates (subject to hydrolysis) is 2. The summed E-state index contributed by atoms with van der Waals surface area (Å²) in [5, 5.41) is 35.5. The van der Waals surface area contributed by atoms with E-state index < -0.39 is 59.5 Å². The number of anilines is 1. The molecule has 8 amide bonds. The molecule has 12 N–H and O–H groups in total. The Morgan fingerprint density at radius 3 is 1.87 bits per heavy atom. The number of carbonyl (C=O) groups is 7. The molecule has 6 rings (SSSR count). The summed E-state index contributed by atoms with van der Waals surface area (Å²) in [4.78, 5) is 95.2. The molecule has 5 aromatic rings. The van der Waals surface area contributed by atoms with E-state index in [-0.39, 0.29) is 82.3 Å². The van der Waals surface area contributed by atoms with Gasteiger partial charge in [0.1, 0.15) is 30.0 Å². The van der Waals surface area contributed by atoms with Crippen molar-refractivity contribution in [1.82, 2.24) is 42.5 Å². The highest BCUT2D eigenvalue weighted by molar-refractivity contribution is 5.93. The summed E-state index contributed by atoms with van der Waals surface area (Å²) >= 11 is 0. The number of guanidine groups is 1. The fourth-order valence-electron chi connectivity index (χ4n) is 9.15. The van der Waals surface area contributed by atoms with Gasteiger partial charge in [-0.25, -0.2) is 14.4 Å². The lowest BCUT2D eigenvalue weighted by Gasteiger charge is -2.24. The monoisotopic (exact) mass is 1120 g/mol. The molecule has 436 valence electrons. The minimum atomic E-state index is -1.00. The third-order valence-corrected chi connectivity index (χ3v) is 13.2. The van der Waals surface area contributed by atoms with Crippen LogP contribution in [0.3, 0.4) is 0 Å². The van der Waals surface area contributed by atoms with Crippen LogP contribution >= 0.6 is 0 Å². The molecule has 5 aromatic carbocycles. The third-order valence-electron chi connectivity index (χ3n) is 13.2. The zero-order chi connectivity index (χ0) is 58.9. The van der Waals surface area contributed by atoms with Gasteiger partial charge < -0.3 is 68.2 Å². The number of rotatable bonds is 28. The Balaban J connectivity index is 1.02. The van der Waals surface area contributed by atoms with Crippen molar-refractivity contribution in [2.45, 2.75) is 102 Å². The number of ether oxygens (including phenoxy) is 2. The lowest BCUT2D eigenvalue weighted by molar-refractivity contribution is -0.129. The molecule has 0 heterocycles. The van der Waals surface area contributed by atoms with E-state index in [0.717, 1.165) is 27.8 Å². The van der Waals surface area contributed by atoms with E-state index in [1.54, 1.807) is 39.8 Å². The van der Waals surface area contributed by atoms with Crippen molar-refractivity contribution < 1.29 is 48.1 Å². The SMILES string of the molecule is CCC(=O)NCCNC(=O)/N=C(/N)NCCC[C@@H](NC(=O)C(c1ccccc1)c1cccc(NCCCNC(=O)[C@@H](CCCNC(=O)OCC2c3ccccc3-c3ccccc32)NC(=O)OC(C)(C)C)c1)C(=O)NCc1ccc(O)cc1. The van der Waals surface area contributed by atoms with Crippen molar-refractivity contribution >= 4 is 53.5 Å². The Morgan fingerprint density at radius 1 is 0.598 bits per heavy atom. The van der Waals surface area contributed by atoms with Crippen molar-refractivity contribution in [2.75, 3.05) is 51.2 Å². The average Bonchev–Trinajstić information content (AvgIpc) is 3.41. The number of phenols is 1. The first-order valence-corrected chi connectivity index (χ1v) is 27.7. The Morgan fingerprint density at radius 2 is 1.20 bits per heavy atom. The van der Waals surface area contributed by atoms with Crippen molar-refractivity contribution in [3.05, 3.63) is 155 Å². The second-order valence-corrected chi connectivity index (χ2v) is 20.6. The molecule has 1 aliphatic rings. The Labute approximate surface area is 478 Å². The molecule has 0 saturated heterocycles. The first-order chi connectivity index (χ1) is 39.5. The minimum Gasteiger partial charge on any atom is -0.508 e. The average molecular weight is 1120 g/mol. The van der Waals surface area contributed by atoms with Gasteiger partial charge in [0.25, 0.3) is 0 Å². The zero-order valence-corrected chi connectivity index (χ0v) is 47.0. The van der Waals surface area contributed by atoms with Gasteiger partial charge in [0.2, 0.25) is 23.6 Å². The molecule has 21 nitrogen and oxygen atoms in total. The fraction of sp³-hybridized carbons (Fsp3) is 0.377. The molecule has 1 unspecified atom stereocenters. The molecule has 0 spiro atoms. The fourth-order valence-corrected chi connectivity index (χ4v) is 9.15. The van der Waals surface area contributed by atoms with Crippen LogP contribution in [0.2, 0.25) is 0 Å². The number of aromatic hydroxyl groups is 1. The van der Waals surface area contributed by atoms with E-state index in [2.05, 4.69) is 65.0 Å². The van der Waals surface area contributed by atoms with E-state index in [9.17, 15) is 38.7 Å². The maximum atomic E-state index is 14.6. The number of benzene rings is 5. The summed E-state index contributed by atoms with van der Waals surface area (Å²) in [5.74, 6) is -2.44. The highest BCUT2D eigenvalue weighted by atomic mass is 16.6. The minimum absolute atomic E-state index is 0.0805. The van der Waals surface area contributed by atoms with Crippen molar-refractivity contribution in [1.29, 1.82) is 0 Å². The van der Waals surface area contributed by atoms with Gasteiger partial charge in [-0.15, -0.1) is 0 Å². The number of fused-ring (bicyclic) bond motifs is 3. The second kappa shape index (κ2) is 31.6. The number of urea groups is 1. The van der Waals surface area contributed by atoms with Gasteiger partial charge in [-0.1, -0.05) is 110 Å². The molecule has 0 bridgehead atoms. The number of aliphatic imine (C=N–C) groups is 1. The van der Waals surface area contributed by atoms with Gasteiger partial charge in [-0.05, 0) is 116 Å². The number of nitrogens with one attached hydrogen (secondary N) is 9. The van der Waals surface area contributed by atoms with Crippen LogP contribution in [0.1, 0.15) is 106 Å². The molecule has 0 aliphatic heterocycles. The summed E-state index contributed by atoms with van der Waals surface area (Å²) in [6.07, 6.45) is 0.542. The topological polar surface area (TPSA) is 305 Å².